The van der Waals surface area contributed by atoms with Gasteiger partial charge in [-0.3, -0.25) is 10.1 Å². The molecule has 1 aliphatic heterocycles. The number of aromatic nitrogens is 2. The zero-order valence-electron chi connectivity index (χ0n) is 17.6. The van der Waals surface area contributed by atoms with Crippen molar-refractivity contribution < 1.29 is 13.2 Å². The van der Waals surface area contributed by atoms with Gasteiger partial charge in [-0.25, -0.2) is 8.42 Å². The number of thioether (sulfide) groups is 1. The molecular weight excluding hydrogens is 442 g/mol. The number of carbonyl (C=O) groups is 1. The van der Waals surface area contributed by atoms with Crippen molar-refractivity contribution in [2.75, 3.05) is 44.3 Å². The summed E-state index contributed by atoms with van der Waals surface area (Å²) in [6.45, 7) is 8.29. The quantitative estimate of drug-likeness (QED) is 0.492. The molecule has 2 aromatic rings. The Morgan fingerprint density at radius 2 is 1.93 bits per heavy atom. The maximum atomic E-state index is 13.0. The van der Waals surface area contributed by atoms with Crippen molar-refractivity contribution in [3.05, 3.63) is 29.3 Å². The molecule has 30 heavy (non-hydrogen) atoms. The molecule has 2 heterocycles. The maximum Gasteiger partial charge on any atom is 0.257 e. The number of likely N-dealkylation sites (N-methyl/N-ethyl adjacent to an activating group) is 1. The number of sulfonamides is 1. The summed E-state index contributed by atoms with van der Waals surface area (Å²) >= 11 is 2.92. The molecule has 3 rings (SSSR count). The molecule has 0 unspecified atom stereocenters. The van der Waals surface area contributed by atoms with Crippen LogP contribution in [0.3, 0.4) is 0 Å². The van der Waals surface area contributed by atoms with Gasteiger partial charge in [-0.15, -0.1) is 10.2 Å². The molecule has 1 aromatic carbocycles. The van der Waals surface area contributed by atoms with Crippen molar-refractivity contribution in [1.82, 2.24) is 19.4 Å². The monoisotopic (exact) mass is 469 g/mol. The first kappa shape index (κ1) is 23.1. The second-order valence-electron chi connectivity index (χ2n) is 7.72. The predicted octanol–water partition coefficient (Wildman–Crippen LogP) is 2.78. The molecule has 0 spiro atoms. The van der Waals surface area contributed by atoms with Crippen molar-refractivity contribution in [2.24, 2.45) is 5.92 Å². The number of amides is 1. The average Bonchev–Trinajstić information content (AvgIpc) is 3.14. The summed E-state index contributed by atoms with van der Waals surface area (Å²) in [5, 5.41) is 11.3. The fourth-order valence-electron chi connectivity index (χ4n) is 2.90. The van der Waals surface area contributed by atoms with Crippen molar-refractivity contribution in [3.8, 4) is 0 Å². The molecule has 0 aliphatic carbocycles. The van der Waals surface area contributed by atoms with Crippen LogP contribution in [0.1, 0.15) is 29.8 Å². The summed E-state index contributed by atoms with van der Waals surface area (Å²) < 4.78 is 28.3. The second kappa shape index (κ2) is 9.73. The highest BCUT2D eigenvalue weighted by Gasteiger charge is 2.28. The Hall–Kier alpha value is -1.53. The number of piperazine rings is 1. The molecule has 1 saturated heterocycles. The predicted molar refractivity (Wildman–Crippen MR) is 121 cm³/mol. The van der Waals surface area contributed by atoms with Crippen LogP contribution in [0.2, 0.25) is 0 Å². The Morgan fingerprint density at radius 1 is 1.23 bits per heavy atom. The summed E-state index contributed by atoms with van der Waals surface area (Å²) in [5.41, 5.74) is 1.01. The lowest BCUT2D eigenvalue weighted by atomic mass is 10.1. The summed E-state index contributed by atoms with van der Waals surface area (Å²) in [5.74, 6) is 1.07. The molecule has 0 radical (unpaired) electrons. The number of carbonyl (C=O) groups excluding carboxylic acids is 1. The van der Waals surface area contributed by atoms with E-state index in [2.05, 4.69) is 34.3 Å². The van der Waals surface area contributed by atoms with Crippen LogP contribution in [0.5, 0.6) is 0 Å². The molecule has 0 atom stereocenters. The first-order chi connectivity index (χ1) is 14.2. The van der Waals surface area contributed by atoms with Crippen LogP contribution < -0.4 is 5.32 Å². The Balaban J connectivity index is 1.75. The second-order valence-corrected chi connectivity index (χ2v) is 11.9. The standard InChI is InChI=1S/C19H27N5O3S3/c1-13(2)12-28-19-22-21-18(29-19)20-17(25)16-11-15(6-5-14(16)3)30(26,27)24-9-7-23(4)8-10-24/h5-6,11,13H,7-10,12H2,1-4H3,(H,20,21,25). The number of anilines is 1. The number of nitrogens with one attached hydrogen (secondary N) is 1. The van der Waals surface area contributed by atoms with Gasteiger partial charge >= 0.3 is 0 Å². The molecule has 8 nitrogen and oxygen atoms in total. The zero-order chi connectivity index (χ0) is 21.9. The minimum Gasteiger partial charge on any atom is -0.304 e. The zero-order valence-corrected chi connectivity index (χ0v) is 20.0. The van der Waals surface area contributed by atoms with Gasteiger partial charge in [-0.05, 0) is 37.6 Å². The van der Waals surface area contributed by atoms with Crippen molar-refractivity contribution in [2.45, 2.75) is 30.0 Å². The van der Waals surface area contributed by atoms with Crippen LogP contribution in [0.15, 0.2) is 27.4 Å². The Morgan fingerprint density at radius 3 is 2.60 bits per heavy atom. The first-order valence-electron chi connectivity index (χ1n) is 9.74. The van der Waals surface area contributed by atoms with Gasteiger partial charge in [0.15, 0.2) is 4.34 Å². The number of benzene rings is 1. The van der Waals surface area contributed by atoms with Crippen molar-refractivity contribution >= 4 is 44.2 Å². The third-order valence-corrected chi connectivity index (χ3v) is 9.01. The molecule has 0 saturated carbocycles. The van der Waals surface area contributed by atoms with Gasteiger partial charge in [0.05, 0.1) is 4.90 Å². The van der Waals surface area contributed by atoms with Crippen LogP contribution in [0.25, 0.3) is 0 Å². The van der Waals surface area contributed by atoms with Crippen LogP contribution >= 0.6 is 23.1 Å². The van der Waals surface area contributed by atoms with Gasteiger partial charge in [0.1, 0.15) is 0 Å². The fourth-order valence-corrected chi connectivity index (χ4v) is 6.08. The summed E-state index contributed by atoms with van der Waals surface area (Å²) in [7, 11) is -1.67. The van der Waals surface area contributed by atoms with Crippen molar-refractivity contribution in [3.63, 3.8) is 0 Å². The average molecular weight is 470 g/mol. The molecule has 1 aliphatic rings. The number of rotatable bonds is 7. The van der Waals surface area contributed by atoms with E-state index in [1.165, 1.54) is 21.7 Å². The highest BCUT2D eigenvalue weighted by Crippen LogP contribution is 2.28. The minimum atomic E-state index is -3.64. The van der Waals surface area contributed by atoms with E-state index < -0.39 is 10.0 Å². The smallest absolute Gasteiger partial charge is 0.257 e. The van der Waals surface area contributed by atoms with Crippen LogP contribution in [-0.4, -0.2) is 72.7 Å². The van der Waals surface area contributed by atoms with Crippen LogP contribution in [0, 0.1) is 12.8 Å². The van der Waals surface area contributed by atoms with E-state index in [1.807, 2.05) is 7.05 Å². The summed E-state index contributed by atoms with van der Waals surface area (Å²) in [6, 6.07) is 4.68. The van der Waals surface area contributed by atoms with Crippen molar-refractivity contribution in [1.29, 1.82) is 0 Å². The highest BCUT2D eigenvalue weighted by atomic mass is 32.2. The highest BCUT2D eigenvalue weighted by molar-refractivity contribution is 8.01. The fraction of sp³-hybridized carbons (Fsp3) is 0.526. The lowest BCUT2D eigenvalue weighted by Gasteiger charge is -2.31. The van der Waals surface area contributed by atoms with Gasteiger partial charge in [-0.2, -0.15) is 4.31 Å². The number of hydrogen-bond acceptors (Lipinski definition) is 8. The number of aryl methyl sites for hydroxylation is 1. The Kier molecular flexibility index (Phi) is 7.51. The summed E-state index contributed by atoms with van der Waals surface area (Å²) in [6.07, 6.45) is 0. The minimum absolute atomic E-state index is 0.133. The van der Waals surface area contributed by atoms with E-state index in [1.54, 1.807) is 30.8 Å². The molecule has 164 valence electrons. The van der Waals surface area contributed by atoms with Gasteiger partial charge in [0.25, 0.3) is 5.91 Å². The first-order valence-corrected chi connectivity index (χ1v) is 13.0. The molecule has 0 bridgehead atoms. The topological polar surface area (TPSA) is 95.5 Å². The lowest BCUT2D eigenvalue weighted by molar-refractivity contribution is 0.102. The SMILES string of the molecule is Cc1ccc(S(=O)(=O)N2CCN(C)CC2)cc1C(=O)Nc1nnc(SCC(C)C)s1. The van der Waals surface area contributed by atoms with Crippen LogP contribution in [0.4, 0.5) is 5.13 Å². The van der Waals surface area contributed by atoms with Gasteiger partial charge in [-0.1, -0.05) is 43.0 Å². The van der Waals surface area contributed by atoms with Gasteiger partial charge in [0, 0.05) is 37.5 Å². The van der Waals surface area contributed by atoms with E-state index in [4.69, 9.17) is 0 Å². The number of hydrogen-bond donors (Lipinski definition) is 1. The molecule has 1 aromatic heterocycles. The Labute approximate surface area is 186 Å². The number of nitrogens with zero attached hydrogens (tertiary/aromatic N) is 4. The largest absolute Gasteiger partial charge is 0.304 e. The third kappa shape index (κ3) is 5.58. The molecule has 11 heteroatoms. The third-order valence-electron chi connectivity index (χ3n) is 4.72. The maximum absolute atomic E-state index is 13.0. The lowest BCUT2D eigenvalue weighted by Crippen LogP contribution is -2.47. The van der Waals surface area contributed by atoms with E-state index in [9.17, 15) is 13.2 Å². The molecule has 1 N–H and O–H groups in total. The van der Waals surface area contributed by atoms with Gasteiger partial charge in [0.2, 0.25) is 15.2 Å². The molecule has 1 fully saturated rings. The van der Waals surface area contributed by atoms with E-state index in [-0.39, 0.29) is 10.8 Å². The molecular formula is C19H27N5O3S3. The van der Waals surface area contributed by atoms with E-state index in [0.717, 1.165) is 10.1 Å². The normalized spacial score (nSPS) is 16.2. The molecule has 1 amide bonds. The van der Waals surface area contributed by atoms with E-state index in [0.29, 0.717) is 48.4 Å². The Bertz CT molecular complexity index is 999. The van der Waals surface area contributed by atoms with E-state index >= 15 is 0 Å². The summed E-state index contributed by atoms with van der Waals surface area (Å²) in [4.78, 5) is 15.0. The van der Waals surface area contributed by atoms with Crippen LogP contribution in [-0.2, 0) is 10.0 Å². The van der Waals surface area contributed by atoms with Gasteiger partial charge < -0.3 is 4.90 Å².